The van der Waals surface area contributed by atoms with E-state index in [4.69, 9.17) is 21.1 Å². The predicted octanol–water partition coefficient (Wildman–Crippen LogP) is 3.72. The lowest BCUT2D eigenvalue weighted by molar-refractivity contribution is -0.169. The molecule has 2 amide bonds. The van der Waals surface area contributed by atoms with Gasteiger partial charge in [-0.15, -0.1) is 0 Å². The number of hydrogen-bond acceptors (Lipinski definition) is 6. The molecule has 1 saturated carbocycles. The Morgan fingerprint density at radius 2 is 1.84 bits per heavy atom. The molecule has 2 rings (SSSR count). The van der Waals surface area contributed by atoms with Gasteiger partial charge in [0.1, 0.15) is 11.6 Å². The minimum Gasteiger partial charge on any atom is -0.424 e. The van der Waals surface area contributed by atoms with Crippen LogP contribution in [0.15, 0.2) is 36.4 Å². The quantitative estimate of drug-likeness (QED) is 0.375. The van der Waals surface area contributed by atoms with E-state index in [-0.39, 0.29) is 5.78 Å². The summed E-state index contributed by atoms with van der Waals surface area (Å²) in [6.07, 6.45) is 0.0608. The first kappa shape index (κ1) is 25.4. The van der Waals surface area contributed by atoms with Crippen molar-refractivity contribution >= 4 is 35.4 Å². The molecule has 1 N–H and O–H groups in total. The van der Waals surface area contributed by atoms with E-state index in [0.717, 1.165) is 12.8 Å². The van der Waals surface area contributed by atoms with Crippen molar-refractivity contribution in [3.05, 3.63) is 47.0 Å². The number of nitrogens with one attached hydrogen (secondary N) is 1. The van der Waals surface area contributed by atoms with Gasteiger partial charge in [-0.25, -0.2) is 9.59 Å². The largest absolute Gasteiger partial charge is 0.424 e. The Morgan fingerprint density at radius 3 is 2.41 bits per heavy atom. The number of ether oxygens (including phenoxy) is 2. The molecule has 1 aromatic carbocycles. The fourth-order valence-electron chi connectivity index (χ4n) is 3.85. The lowest BCUT2D eigenvalue weighted by Gasteiger charge is -2.43. The fraction of sp³-hybridized carbons (Fsp3) is 0.478. The molecule has 1 aliphatic rings. The van der Waals surface area contributed by atoms with Crippen LogP contribution in [0, 0.1) is 0 Å². The molecule has 0 aromatic heterocycles. The Kier molecular flexibility index (Phi) is 8.44. The van der Waals surface area contributed by atoms with Gasteiger partial charge in [0, 0.05) is 37.9 Å². The first-order chi connectivity index (χ1) is 15.0. The zero-order chi connectivity index (χ0) is 24.1. The highest BCUT2D eigenvalue weighted by atomic mass is 35.5. The number of carbonyl (C=O) groups excluding carboxylic acids is 4. The first-order valence-electron chi connectivity index (χ1n) is 10.4. The summed E-state index contributed by atoms with van der Waals surface area (Å²) < 4.78 is 10.5. The molecule has 32 heavy (non-hydrogen) atoms. The summed E-state index contributed by atoms with van der Waals surface area (Å²) in [6.45, 7) is 7.86. The smallest absolute Gasteiger partial charge is 0.413 e. The Balaban J connectivity index is 2.20. The van der Waals surface area contributed by atoms with Gasteiger partial charge in [0.25, 0.3) is 0 Å². The Bertz CT molecular complexity index is 918. The fourth-order valence-corrected chi connectivity index (χ4v) is 4.14. The van der Waals surface area contributed by atoms with Gasteiger partial charge in [0.15, 0.2) is 5.78 Å². The van der Waals surface area contributed by atoms with Crippen molar-refractivity contribution in [2.24, 2.45) is 0 Å². The van der Waals surface area contributed by atoms with Crippen LogP contribution in [0.1, 0.15) is 52.0 Å². The summed E-state index contributed by atoms with van der Waals surface area (Å²) in [7, 11) is 1.47. The van der Waals surface area contributed by atoms with Crippen molar-refractivity contribution in [2.75, 3.05) is 7.05 Å². The second kappa shape index (κ2) is 10.6. The lowest BCUT2D eigenvalue weighted by Crippen LogP contribution is -2.55. The molecule has 1 aliphatic carbocycles. The zero-order valence-electron chi connectivity index (χ0n) is 18.8. The highest BCUT2D eigenvalue weighted by Crippen LogP contribution is 2.42. The molecule has 3 atom stereocenters. The second-order valence-electron chi connectivity index (χ2n) is 7.90. The Morgan fingerprint density at radius 1 is 1.19 bits per heavy atom. The summed E-state index contributed by atoms with van der Waals surface area (Å²) in [4.78, 5) is 51.0. The number of nitrogens with zero attached hydrogens (tertiary/aromatic N) is 1. The summed E-state index contributed by atoms with van der Waals surface area (Å²) >= 11 is 6.40. The van der Waals surface area contributed by atoms with Crippen molar-refractivity contribution in [3.63, 3.8) is 0 Å². The third-order valence-electron chi connectivity index (χ3n) is 5.44. The van der Waals surface area contributed by atoms with Crippen LogP contribution in [0.4, 0.5) is 4.79 Å². The molecular weight excluding hydrogens is 436 g/mol. The maximum Gasteiger partial charge on any atom is 0.413 e. The molecule has 1 aromatic rings. The van der Waals surface area contributed by atoms with E-state index >= 15 is 0 Å². The number of rotatable bonds is 7. The SMILES string of the molecule is C=C(C)[C@H](NC(C)=O)C(=O)OC(C)OC(=O)N(C)[C@]1(c2ccccc2Cl)CCCCC1=O. The van der Waals surface area contributed by atoms with E-state index in [1.54, 1.807) is 31.2 Å². The standard InChI is InChI=1S/C23H29ClN2O6/c1-14(2)20(25-15(3)27)21(29)31-16(4)32-22(30)26(5)23(13-9-8-12-19(23)28)17-10-6-7-11-18(17)24/h6-7,10-11,16,20H,1,8-9,12-13H2,2-5H3,(H,25,27)/t16?,20-,23-/m0/s1. The van der Waals surface area contributed by atoms with Crippen LogP contribution in [-0.4, -0.2) is 48.0 Å². The lowest BCUT2D eigenvalue weighted by atomic mass is 9.74. The molecular formula is C23H29ClN2O6. The maximum atomic E-state index is 13.1. The van der Waals surface area contributed by atoms with E-state index in [0.29, 0.717) is 29.0 Å². The van der Waals surface area contributed by atoms with Gasteiger partial charge in [0.2, 0.25) is 12.2 Å². The predicted molar refractivity (Wildman–Crippen MR) is 119 cm³/mol. The molecule has 0 bridgehead atoms. The van der Waals surface area contributed by atoms with Crippen LogP contribution in [0.25, 0.3) is 0 Å². The Labute approximate surface area is 192 Å². The molecule has 1 fully saturated rings. The number of ketones is 1. The normalized spacial score (nSPS) is 20.0. The number of benzene rings is 1. The zero-order valence-corrected chi connectivity index (χ0v) is 19.5. The minimum absolute atomic E-state index is 0.131. The highest BCUT2D eigenvalue weighted by molar-refractivity contribution is 6.31. The van der Waals surface area contributed by atoms with Gasteiger partial charge in [0.05, 0.1) is 0 Å². The van der Waals surface area contributed by atoms with Crippen molar-refractivity contribution < 1.29 is 28.7 Å². The second-order valence-corrected chi connectivity index (χ2v) is 8.30. The van der Waals surface area contributed by atoms with Gasteiger partial charge >= 0.3 is 12.1 Å². The van der Waals surface area contributed by atoms with Gasteiger partial charge in [-0.1, -0.05) is 36.4 Å². The maximum absolute atomic E-state index is 13.1. The number of halogens is 1. The molecule has 174 valence electrons. The highest BCUT2D eigenvalue weighted by Gasteiger charge is 2.49. The van der Waals surface area contributed by atoms with E-state index in [9.17, 15) is 19.2 Å². The minimum atomic E-state index is -1.27. The van der Waals surface area contributed by atoms with E-state index in [1.807, 2.05) is 0 Å². The molecule has 0 saturated heterocycles. The third-order valence-corrected chi connectivity index (χ3v) is 5.77. The number of carbonyl (C=O) groups is 4. The van der Waals surface area contributed by atoms with Crippen molar-refractivity contribution in [1.82, 2.24) is 10.2 Å². The number of Topliss-reactive ketones (excluding diaryl/α,β-unsaturated/α-hetero) is 1. The van der Waals surface area contributed by atoms with Crippen LogP contribution in [0.5, 0.6) is 0 Å². The van der Waals surface area contributed by atoms with Gasteiger partial charge in [-0.05, 0) is 37.8 Å². The number of esters is 1. The molecule has 1 unspecified atom stereocenters. The van der Waals surface area contributed by atoms with Gasteiger partial charge in [-0.2, -0.15) is 0 Å². The third kappa shape index (κ3) is 5.48. The topological polar surface area (TPSA) is 102 Å². The average molecular weight is 465 g/mol. The Hall–Kier alpha value is -2.87. The molecule has 9 heteroatoms. The summed E-state index contributed by atoms with van der Waals surface area (Å²) in [6, 6.07) is 5.84. The van der Waals surface area contributed by atoms with Crippen LogP contribution >= 0.6 is 11.6 Å². The van der Waals surface area contributed by atoms with Crippen LogP contribution in [-0.2, 0) is 29.4 Å². The molecule has 0 aliphatic heterocycles. The van der Waals surface area contributed by atoms with E-state index in [1.165, 1.54) is 25.8 Å². The summed E-state index contributed by atoms with van der Waals surface area (Å²) in [5.41, 5.74) is -0.372. The molecule has 0 spiro atoms. The van der Waals surface area contributed by atoms with Crippen molar-refractivity contribution in [2.45, 2.75) is 64.3 Å². The van der Waals surface area contributed by atoms with Crippen LogP contribution in [0.3, 0.4) is 0 Å². The van der Waals surface area contributed by atoms with E-state index in [2.05, 4.69) is 11.9 Å². The van der Waals surface area contributed by atoms with Crippen LogP contribution < -0.4 is 5.32 Å². The van der Waals surface area contributed by atoms with E-state index < -0.39 is 35.8 Å². The average Bonchev–Trinajstić information content (AvgIpc) is 2.72. The monoisotopic (exact) mass is 464 g/mol. The molecule has 0 radical (unpaired) electrons. The van der Waals surface area contributed by atoms with Gasteiger partial charge < -0.3 is 14.8 Å². The first-order valence-corrected chi connectivity index (χ1v) is 10.7. The van der Waals surface area contributed by atoms with Crippen molar-refractivity contribution in [1.29, 1.82) is 0 Å². The molecule has 8 nitrogen and oxygen atoms in total. The van der Waals surface area contributed by atoms with Crippen LogP contribution in [0.2, 0.25) is 5.02 Å². The number of amides is 2. The van der Waals surface area contributed by atoms with Gasteiger partial charge in [-0.3, -0.25) is 14.5 Å². The summed E-state index contributed by atoms with van der Waals surface area (Å²) in [5.74, 6) is -1.38. The number of hydrogen-bond donors (Lipinski definition) is 1. The summed E-state index contributed by atoms with van der Waals surface area (Å²) in [5, 5.41) is 2.80. The van der Waals surface area contributed by atoms with Crippen molar-refractivity contribution in [3.8, 4) is 0 Å². The number of likely N-dealkylation sites (N-methyl/N-ethyl adjacent to an activating group) is 1. The molecule has 0 heterocycles.